The molecule has 0 amide bonds. The van der Waals surface area contributed by atoms with E-state index in [2.05, 4.69) is 57.4 Å². The Morgan fingerprint density at radius 3 is 2.10 bits per heavy atom. The van der Waals surface area contributed by atoms with Gasteiger partial charge in [-0.3, -0.25) is 0 Å². The Labute approximate surface area is 128 Å². The van der Waals surface area contributed by atoms with Crippen LogP contribution in [0.15, 0.2) is 24.3 Å². The Morgan fingerprint density at radius 2 is 1.60 bits per heavy atom. The van der Waals surface area contributed by atoms with Crippen molar-refractivity contribution in [2.45, 2.75) is 70.6 Å². The van der Waals surface area contributed by atoms with Crippen molar-refractivity contribution in [2.24, 2.45) is 0 Å². The third-order valence-electron chi connectivity index (χ3n) is 4.05. The number of rotatable bonds is 3. The summed E-state index contributed by atoms with van der Waals surface area (Å²) in [5.41, 5.74) is 1.65. The number of nitrogens with one attached hydrogen (secondary N) is 2. The number of piperidine rings is 1. The highest BCUT2D eigenvalue weighted by atomic mass is 35.5. The van der Waals surface area contributed by atoms with E-state index in [1.165, 1.54) is 5.56 Å². The maximum atomic E-state index is 5.95. The minimum Gasteiger partial charge on any atom is -0.307 e. The van der Waals surface area contributed by atoms with E-state index >= 15 is 0 Å². The lowest BCUT2D eigenvalue weighted by molar-refractivity contribution is 0.141. The van der Waals surface area contributed by atoms with E-state index in [0.717, 1.165) is 17.9 Å². The first kappa shape index (κ1) is 15.8. The van der Waals surface area contributed by atoms with E-state index < -0.39 is 0 Å². The third-order valence-corrected chi connectivity index (χ3v) is 4.30. The van der Waals surface area contributed by atoms with Crippen LogP contribution < -0.4 is 10.6 Å². The van der Waals surface area contributed by atoms with Crippen molar-refractivity contribution in [1.29, 1.82) is 0 Å². The first-order chi connectivity index (χ1) is 9.17. The molecule has 3 heteroatoms. The first-order valence-corrected chi connectivity index (χ1v) is 7.86. The second-order valence-electron chi connectivity index (χ2n) is 7.44. The highest BCUT2D eigenvalue weighted by Crippen LogP contribution is 2.30. The van der Waals surface area contributed by atoms with Gasteiger partial charge in [-0.05, 0) is 65.2 Å². The SMILES string of the molecule is CC(NC1CC(C)(C)NC(C)(C)C1)c1ccc(Cl)cc1. The van der Waals surface area contributed by atoms with Crippen LogP contribution in [-0.2, 0) is 0 Å². The molecule has 0 saturated carbocycles. The predicted molar refractivity (Wildman–Crippen MR) is 87.3 cm³/mol. The fourth-order valence-corrected chi connectivity index (χ4v) is 3.77. The van der Waals surface area contributed by atoms with Crippen molar-refractivity contribution >= 4 is 11.6 Å². The van der Waals surface area contributed by atoms with Crippen molar-refractivity contribution in [3.05, 3.63) is 34.9 Å². The van der Waals surface area contributed by atoms with Gasteiger partial charge in [-0.1, -0.05) is 23.7 Å². The van der Waals surface area contributed by atoms with Crippen molar-refractivity contribution in [3.63, 3.8) is 0 Å². The van der Waals surface area contributed by atoms with E-state index in [4.69, 9.17) is 11.6 Å². The molecule has 0 aliphatic carbocycles. The number of hydrogen-bond acceptors (Lipinski definition) is 2. The molecule has 0 spiro atoms. The topological polar surface area (TPSA) is 24.1 Å². The van der Waals surface area contributed by atoms with E-state index in [1.54, 1.807) is 0 Å². The van der Waals surface area contributed by atoms with Crippen LogP contribution in [0.4, 0.5) is 0 Å². The molecule has 2 rings (SSSR count). The highest BCUT2D eigenvalue weighted by Gasteiger charge is 2.37. The quantitative estimate of drug-likeness (QED) is 0.868. The summed E-state index contributed by atoms with van der Waals surface area (Å²) >= 11 is 5.95. The van der Waals surface area contributed by atoms with Crippen LogP contribution in [-0.4, -0.2) is 17.1 Å². The molecule has 1 aromatic carbocycles. The Kier molecular flexibility index (Phi) is 4.48. The summed E-state index contributed by atoms with van der Waals surface area (Å²) in [7, 11) is 0. The third kappa shape index (κ3) is 4.21. The summed E-state index contributed by atoms with van der Waals surface area (Å²) in [4.78, 5) is 0. The lowest BCUT2D eigenvalue weighted by atomic mass is 9.79. The van der Waals surface area contributed by atoms with Crippen LogP contribution in [0.3, 0.4) is 0 Å². The average Bonchev–Trinajstić information content (AvgIpc) is 2.25. The second-order valence-corrected chi connectivity index (χ2v) is 7.87. The van der Waals surface area contributed by atoms with Crippen molar-refractivity contribution < 1.29 is 0 Å². The molecular weight excluding hydrogens is 268 g/mol. The molecule has 2 nitrogen and oxygen atoms in total. The molecule has 1 fully saturated rings. The number of benzene rings is 1. The molecule has 1 aromatic rings. The van der Waals surface area contributed by atoms with Gasteiger partial charge in [0.05, 0.1) is 0 Å². The fraction of sp³-hybridized carbons (Fsp3) is 0.647. The van der Waals surface area contributed by atoms with Crippen molar-refractivity contribution in [1.82, 2.24) is 10.6 Å². The summed E-state index contributed by atoms with van der Waals surface area (Å²) in [6, 6.07) is 9.03. The van der Waals surface area contributed by atoms with Gasteiger partial charge in [0.25, 0.3) is 0 Å². The van der Waals surface area contributed by atoms with Crippen LogP contribution in [0.5, 0.6) is 0 Å². The summed E-state index contributed by atoms with van der Waals surface area (Å²) in [5.74, 6) is 0. The van der Waals surface area contributed by atoms with Crippen molar-refractivity contribution in [2.75, 3.05) is 0 Å². The van der Waals surface area contributed by atoms with E-state index in [-0.39, 0.29) is 11.1 Å². The summed E-state index contributed by atoms with van der Waals surface area (Å²) in [5, 5.41) is 8.30. The Balaban J connectivity index is 2.03. The lowest BCUT2D eigenvalue weighted by Crippen LogP contribution is -2.61. The van der Waals surface area contributed by atoms with E-state index in [1.807, 2.05) is 12.1 Å². The molecule has 1 heterocycles. The smallest absolute Gasteiger partial charge is 0.0406 e. The van der Waals surface area contributed by atoms with Gasteiger partial charge in [0.2, 0.25) is 0 Å². The Bertz CT molecular complexity index is 435. The van der Waals surface area contributed by atoms with Gasteiger partial charge >= 0.3 is 0 Å². The van der Waals surface area contributed by atoms with Gasteiger partial charge in [-0.15, -0.1) is 0 Å². The second kappa shape index (κ2) is 5.67. The van der Waals surface area contributed by atoms with Crippen molar-refractivity contribution in [3.8, 4) is 0 Å². The van der Waals surface area contributed by atoms with Gasteiger partial charge in [0.15, 0.2) is 0 Å². The van der Waals surface area contributed by atoms with Gasteiger partial charge < -0.3 is 10.6 Å². The zero-order valence-electron chi connectivity index (χ0n) is 13.3. The van der Waals surface area contributed by atoms with Crippen LogP contribution in [0, 0.1) is 0 Å². The molecule has 1 atom stereocenters. The molecule has 0 radical (unpaired) electrons. The van der Waals surface area contributed by atoms with Gasteiger partial charge in [0, 0.05) is 28.2 Å². The normalized spacial score (nSPS) is 23.5. The van der Waals surface area contributed by atoms with E-state index in [9.17, 15) is 0 Å². The molecule has 0 bridgehead atoms. The number of hydrogen-bond donors (Lipinski definition) is 2. The Morgan fingerprint density at radius 1 is 1.10 bits per heavy atom. The summed E-state index contributed by atoms with van der Waals surface area (Å²) in [6.07, 6.45) is 2.29. The van der Waals surface area contributed by atoms with Gasteiger partial charge in [-0.2, -0.15) is 0 Å². The van der Waals surface area contributed by atoms with Crippen LogP contribution in [0.1, 0.15) is 59.1 Å². The molecule has 1 saturated heterocycles. The van der Waals surface area contributed by atoms with Crippen LogP contribution in [0.2, 0.25) is 5.02 Å². The molecular formula is C17H27ClN2. The minimum absolute atomic E-state index is 0.180. The fourth-order valence-electron chi connectivity index (χ4n) is 3.64. The molecule has 0 aromatic heterocycles. The molecule has 20 heavy (non-hydrogen) atoms. The molecule has 2 N–H and O–H groups in total. The average molecular weight is 295 g/mol. The maximum Gasteiger partial charge on any atom is 0.0406 e. The monoisotopic (exact) mass is 294 g/mol. The maximum absolute atomic E-state index is 5.95. The summed E-state index contributed by atoms with van der Waals surface area (Å²) < 4.78 is 0. The molecule has 1 aliphatic heterocycles. The largest absolute Gasteiger partial charge is 0.307 e. The minimum atomic E-state index is 0.180. The lowest BCUT2D eigenvalue weighted by Gasteiger charge is -2.47. The van der Waals surface area contributed by atoms with E-state index in [0.29, 0.717) is 12.1 Å². The van der Waals surface area contributed by atoms with Crippen LogP contribution >= 0.6 is 11.6 Å². The van der Waals surface area contributed by atoms with Gasteiger partial charge in [0.1, 0.15) is 0 Å². The molecule has 1 unspecified atom stereocenters. The van der Waals surface area contributed by atoms with Crippen LogP contribution in [0.25, 0.3) is 0 Å². The predicted octanol–water partition coefficient (Wildman–Crippen LogP) is 4.30. The number of halogens is 1. The standard InChI is InChI=1S/C17H27ClN2/c1-12(13-6-8-14(18)9-7-13)19-15-10-16(2,3)20-17(4,5)11-15/h6-9,12,15,19-20H,10-11H2,1-5H3. The first-order valence-electron chi connectivity index (χ1n) is 7.48. The highest BCUT2D eigenvalue weighted by molar-refractivity contribution is 6.30. The Hall–Kier alpha value is -0.570. The zero-order valence-corrected chi connectivity index (χ0v) is 14.0. The summed E-state index contributed by atoms with van der Waals surface area (Å²) in [6.45, 7) is 11.4. The zero-order chi connectivity index (χ0) is 15.0. The van der Waals surface area contributed by atoms with Gasteiger partial charge in [-0.25, -0.2) is 0 Å². The molecule has 112 valence electrons. The molecule has 1 aliphatic rings.